The Balaban J connectivity index is 0.00000121. The highest BCUT2D eigenvalue weighted by Crippen LogP contribution is 2.10. The summed E-state index contributed by atoms with van der Waals surface area (Å²) in [5.41, 5.74) is 17.4. The van der Waals surface area contributed by atoms with E-state index < -0.39 is 11.9 Å². The molecule has 1 aromatic rings. The van der Waals surface area contributed by atoms with E-state index in [4.69, 9.17) is 23.0 Å². The molecule has 0 aromatic heterocycles. The first-order chi connectivity index (χ1) is 8.06. The molecule has 6 nitrogen and oxygen atoms in total. The summed E-state index contributed by atoms with van der Waals surface area (Å²) in [6.07, 6.45) is 0. The summed E-state index contributed by atoms with van der Waals surface area (Å²) in [6, 6.07) is 5.84. The van der Waals surface area contributed by atoms with E-state index in [9.17, 15) is 4.79 Å². The maximum Gasteiger partial charge on any atom is 0.238 e. The van der Waals surface area contributed by atoms with E-state index in [2.05, 4.69) is 5.10 Å². The van der Waals surface area contributed by atoms with Gasteiger partial charge in [-0.3, -0.25) is 4.79 Å². The van der Waals surface area contributed by atoms with Crippen LogP contribution in [0.1, 0.15) is 31.0 Å². The Hall–Kier alpha value is -2.08. The van der Waals surface area contributed by atoms with Crippen LogP contribution in [0.15, 0.2) is 29.4 Å². The van der Waals surface area contributed by atoms with Gasteiger partial charge < -0.3 is 23.0 Å². The van der Waals surface area contributed by atoms with Crippen LogP contribution >= 0.6 is 0 Å². The Morgan fingerprint density at radius 2 is 1.65 bits per heavy atom. The number of hydrazone groups is 1. The van der Waals surface area contributed by atoms with Crippen molar-refractivity contribution < 1.29 is 4.79 Å². The lowest BCUT2D eigenvalue weighted by molar-refractivity contribution is -0.119. The molecule has 1 unspecified atom stereocenters. The Bertz CT molecular complexity index is 385. The van der Waals surface area contributed by atoms with E-state index in [0.717, 1.165) is 0 Å². The molecule has 0 aliphatic carbocycles. The predicted octanol–water partition coefficient (Wildman–Crippen LogP) is -0.223. The van der Waals surface area contributed by atoms with Gasteiger partial charge in [0.1, 0.15) is 11.9 Å². The van der Waals surface area contributed by atoms with Crippen molar-refractivity contribution in [3.8, 4) is 0 Å². The molecule has 8 N–H and O–H groups in total. The summed E-state index contributed by atoms with van der Waals surface area (Å²) in [5.74, 6) is 4.65. The van der Waals surface area contributed by atoms with Crippen molar-refractivity contribution in [3.63, 3.8) is 0 Å². The predicted molar refractivity (Wildman–Crippen MR) is 68.8 cm³/mol. The topological polar surface area (TPSA) is 134 Å². The number of primary amides is 1. The second-order valence-electron chi connectivity index (χ2n) is 3.02. The highest BCUT2D eigenvalue weighted by Gasteiger charge is 2.11. The van der Waals surface area contributed by atoms with Gasteiger partial charge in [0.05, 0.1) is 0 Å². The zero-order valence-corrected chi connectivity index (χ0v) is 10.1. The minimum absolute atomic E-state index is 0.217. The molecule has 0 saturated heterocycles. The molecule has 1 rings (SSSR count). The third-order valence-electron chi connectivity index (χ3n) is 2.01. The van der Waals surface area contributed by atoms with Crippen molar-refractivity contribution in [1.29, 1.82) is 0 Å². The Morgan fingerprint density at radius 3 is 2.00 bits per heavy atom. The van der Waals surface area contributed by atoms with E-state index in [-0.39, 0.29) is 5.84 Å². The molecule has 1 amide bonds. The van der Waals surface area contributed by atoms with Crippen LogP contribution < -0.4 is 23.0 Å². The van der Waals surface area contributed by atoms with Gasteiger partial charge in [-0.25, -0.2) is 0 Å². The van der Waals surface area contributed by atoms with Gasteiger partial charge in [-0.1, -0.05) is 38.1 Å². The van der Waals surface area contributed by atoms with Crippen LogP contribution in [0.25, 0.3) is 0 Å². The zero-order valence-electron chi connectivity index (χ0n) is 10.1. The normalized spacial score (nSPS) is 12.3. The van der Waals surface area contributed by atoms with Crippen LogP contribution in [0.4, 0.5) is 0 Å². The number of amides is 1. The maximum atomic E-state index is 10.8. The van der Waals surface area contributed by atoms with Gasteiger partial charge in [-0.05, 0) is 5.56 Å². The first kappa shape index (κ1) is 14.9. The summed E-state index contributed by atoms with van der Waals surface area (Å²) >= 11 is 0. The molecule has 0 bridgehead atoms. The van der Waals surface area contributed by atoms with Crippen molar-refractivity contribution in [1.82, 2.24) is 0 Å². The third kappa shape index (κ3) is 4.12. The fourth-order valence-electron chi connectivity index (χ4n) is 1.10. The molecule has 0 aliphatic heterocycles. The minimum Gasteiger partial charge on any atom is -0.382 e. The Kier molecular flexibility index (Phi) is 6.35. The number of nitrogens with two attached hydrogens (primary N) is 4. The van der Waals surface area contributed by atoms with E-state index in [1.165, 1.54) is 0 Å². The average Bonchev–Trinajstić information content (AvgIpc) is 2.39. The molecular formula is C11H19N5O. The average molecular weight is 237 g/mol. The number of hydrogen-bond donors (Lipinski definition) is 4. The molecule has 0 saturated carbocycles. The number of amidine groups is 1. The van der Waals surface area contributed by atoms with Crippen molar-refractivity contribution >= 4 is 11.7 Å². The third-order valence-corrected chi connectivity index (χ3v) is 2.01. The second-order valence-corrected chi connectivity index (χ2v) is 3.02. The minimum atomic E-state index is -0.810. The van der Waals surface area contributed by atoms with Gasteiger partial charge >= 0.3 is 0 Å². The quantitative estimate of drug-likeness (QED) is 0.250. The van der Waals surface area contributed by atoms with Crippen molar-refractivity contribution in [2.45, 2.75) is 19.9 Å². The van der Waals surface area contributed by atoms with Gasteiger partial charge in [0.2, 0.25) is 5.91 Å². The highest BCUT2D eigenvalue weighted by atomic mass is 16.1. The van der Waals surface area contributed by atoms with Crippen molar-refractivity contribution in [2.75, 3.05) is 0 Å². The number of hydrogen-bond acceptors (Lipinski definition) is 4. The number of carbonyl (C=O) groups is 1. The molecule has 94 valence electrons. The van der Waals surface area contributed by atoms with E-state index >= 15 is 0 Å². The van der Waals surface area contributed by atoms with E-state index in [1.807, 2.05) is 13.8 Å². The second kappa shape index (κ2) is 7.24. The lowest BCUT2D eigenvalue weighted by atomic mass is 10.0. The summed E-state index contributed by atoms with van der Waals surface area (Å²) in [7, 11) is 0. The van der Waals surface area contributed by atoms with Gasteiger partial charge in [0.15, 0.2) is 0 Å². The van der Waals surface area contributed by atoms with Gasteiger partial charge in [0, 0.05) is 5.56 Å². The molecule has 6 heteroatoms. The number of benzene rings is 1. The molecule has 0 fully saturated rings. The number of carbonyl (C=O) groups excluding carboxylic acids is 1. The first-order valence-electron chi connectivity index (χ1n) is 5.25. The molecule has 0 spiro atoms. The molecule has 1 atom stereocenters. The molecule has 17 heavy (non-hydrogen) atoms. The smallest absolute Gasteiger partial charge is 0.238 e. The molecule has 0 heterocycles. The first-order valence-corrected chi connectivity index (χ1v) is 5.25. The van der Waals surface area contributed by atoms with Crippen molar-refractivity contribution in [2.24, 2.45) is 28.1 Å². The van der Waals surface area contributed by atoms with Crippen LogP contribution in [-0.4, -0.2) is 11.7 Å². The van der Waals surface area contributed by atoms with Gasteiger partial charge in [-0.15, -0.1) is 0 Å². The fourth-order valence-corrected chi connectivity index (χ4v) is 1.10. The summed E-state index contributed by atoms with van der Waals surface area (Å²) in [4.78, 5) is 10.8. The van der Waals surface area contributed by atoms with Gasteiger partial charge in [-0.2, -0.15) is 5.10 Å². The van der Waals surface area contributed by atoms with Crippen LogP contribution in [0.2, 0.25) is 0 Å². The SMILES string of the molecule is CC.N/N=C(\N)c1ccc(C(N)C(N)=O)cc1. The standard InChI is InChI=1S/C9H13N5O.C2H6/c10-7(9(12)15)5-1-3-6(4-2-5)8(11)14-13;1-2/h1-4,7H,10,13H2,(H2,11,14)(H2,12,15);1-2H3. The fraction of sp³-hybridized carbons (Fsp3) is 0.273. The van der Waals surface area contributed by atoms with Gasteiger partial charge in [0.25, 0.3) is 0 Å². The Morgan fingerprint density at radius 1 is 1.18 bits per heavy atom. The monoisotopic (exact) mass is 237 g/mol. The number of rotatable bonds is 3. The summed E-state index contributed by atoms with van der Waals surface area (Å²) in [6.45, 7) is 4.00. The largest absolute Gasteiger partial charge is 0.382 e. The van der Waals surface area contributed by atoms with Crippen molar-refractivity contribution in [3.05, 3.63) is 35.4 Å². The molecule has 0 radical (unpaired) electrons. The Labute approximate surface area is 101 Å². The molecular weight excluding hydrogens is 218 g/mol. The maximum absolute atomic E-state index is 10.8. The highest BCUT2D eigenvalue weighted by molar-refractivity contribution is 5.97. The van der Waals surface area contributed by atoms with E-state index in [1.54, 1.807) is 24.3 Å². The molecule has 0 aliphatic rings. The molecule has 1 aromatic carbocycles. The van der Waals surface area contributed by atoms with E-state index in [0.29, 0.717) is 11.1 Å². The summed E-state index contributed by atoms with van der Waals surface area (Å²) < 4.78 is 0. The zero-order chi connectivity index (χ0) is 13.4. The van der Waals surface area contributed by atoms with Crippen LogP contribution in [0, 0.1) is 0 Å². The van der Waals surface area contributed by atoms with Crippen LogP contribution in [0.5, 0.6) is 0 Å². The van der Waals surface area contributed by atoms with Crippen LogP contribution in [0.3, 0.4) is 0 Å². The number of nitrogens with zero attached hydrogens (tertiary/aromatic N) is 1. The lowest BCUT2D eigenvalue weighted by Gasteiger charge is -2.08. The lowest BCUT2D eigenvalue weighted by Crippen LogP contribution is -2.28. The van der Waals surface area contributed by atoms with Crippen LogP contribution in [-0.2, 0) is 4.79 Å². The summed E-state index contributed by atoms with van der Waals surface area (Å²) in [5, 5.41) is 3.34.